The minimum absolute atomic E-state index is 0.0395. The SMILES string of the molecule is Cn1nnc(-c2ccc(-c3ccc(N4CC(COP(C)(=O)N=O)OC4=O)cc3F)cn2)n1. The Kier molecular flexibility index (Phi) is 5.76. The topological polar surface area (TPSA) is 142 Å². The van der Waals surface area contributed by atoms with Gasteiger partial charge in [0.15, 0.2) is 0 Å². The molecule has 0 N–H and O–H groups in total. The predicted molar refractivity (Wildman–Crippen MR) is 110 cm³/mol. The zero-order valence-corrected chi connectivity index (χ0v) is 17.8. The highest BCUT2D eigenvalue weighted by molar-refractivity contribution is 7.56. The van der Waals surface area contributed by atoms with Gasteiger partial charge in [-0.2, -0.15) is 4.80 Å². The van der Waals surface area contributed by atoms with E-state index in [1.54, 1.807) is 25.2 Å². The van der Waals surface area contributed by atoms with Crippen molar-refractivity contribution in [1.29, 1.82) is 0 Å². The second kappa shape index (κ2) is 8.52. The number of cyclic esters (lactones) is 1. The van der Waals surface area contributed by atoms with Gasteiger partial charge in [0.05, 0.1) is 25.9 Å². The van der Waals surface area contributed by atoms with Crippen LogP contribution >= 0.6 is 7.52 Å². The number of carbonyl (C=O) groups is 1. The summed E-state index contributed by atoms with van der Waals surface area (Å²) in [5, 5.41) is 11.7. The van der Waals surface area contributed by atoms with Crippen molar-refractivity contribution in [1.82, 2.24) is 25.2 Å². The number of aryl methyl sites for hydroxylation is 1. The molecule has 1 saturated heterocycles. The molecule has 0 saturated carbocycles. The van der Waals surface area contributed by atoms with Crippen LogP contribution < -0.4 is 4.90 Å². The number of anilines is 1. The van der Waals surface area contributed by atoms with Crippen LogP contribution in [0.2, 0.25) is 0 Å². The number of pyridine rings is 1. The van der Waals surface area contributed by atoms with Gasteiger partial charge < -0.3 is 9.26 Å². The van der Waals surface area contributed by atoms with E-state index < -0.39 is 25.5 Å². The average molecular weight is 461 g/mol. The Hall–Kier alpha value is -3.57. The summed E-state index contributed by atoms with van der Waals surface area (Å²) in [5.74, 6) is -0.213. The summed E-state index contributed by atoms with van der Waals surface area (Å²) < 4.78 is 36.4. The number of halogens is 1. The molecule has 1 aliphatic heterocycles. The number of aromatic nitrogens is 5. The van der Waals surface area contributed by atoms with Crippen molar-refractivity contribution in [3.8, 4) is 22.6 Å². The summed E-state index contributed by atoms with van der Waals surface area (Å²) in [4.78, 5) is 31.8. The second-order valence-corrected chi connectivity index (χ2v) is 9.02. The van der Waals surface area contributed by atoms with E-state index in [2.05, 4.69) is 25.3 Å². The predicted octanol–water partition coefficient (Wildman–Crippen LogP) is 3.01. The van der Waals surface area contributed by atoms with Crippen molar-refractivity contribution < 1.29 is 23.0 Å². The second-order valence-electron chi connectivity index (χ2n) is 7.00. The average Bonchev–Trinajstić information content (AvgIpc) is 3.38. The molecule has 0 aliphatic carbocycles. The zero-order valence-electron chi connectivity index (χ0n) is 17.0. The third kappa shape index (κ3) is 4.53. The number of hydrogen-bond acceptors (Lipinski definition) is 9. The fourth-order valence-corrected chi connectivity index (χ4v) is 3.53. The molecule has 32 heavy (non-hydrogen) atoms. The third-order valence-corrected chi connectivity index (χ3v) is 5.52. The third-order valence-electron chi connectivity index (χ3n) is 4.60. The molecule has 14 heteroatoms. The molecule has 1 aliphatic rings. The molecule has 3 aromatic rings. The Bertz CT molecular complexity index is 1220. The minimum atomic E-state index is -3.63. The Morgan fingerprint density at radius 3 is 2.78 bits per heavy atom. The lowest BCUT2D eigenvalue weighted by molar-refractivity contribution is 0.106. The van der Waals surface area contributed by atoms with Crippen molar-refractivity contribution >= 4 is 19.3 Å². The Morgan fingerprint density at radius 1 is 1.34 bits per heavy atom. The highest BCUT2D eigenvalue weighted by Crippen LogP contribution is 2.44. The molecule has 0 radical (unpaired) electrons. The van der Waals surface area contributed by atoms with E-state index in [4.69, 9.17) is 9.26 Å². The molecule has 1 aromatic carbocycles. The molecule has 3 heterocycles. The number of rotatable bonds is 7. The summed E-state index contributed by atoms with van der Waals surface area (Å²) in [6.45, 7) is 0.840. The minimum Gasteiger partial charge on any atom is -0.441 e. The first-order chi connectivity index (χ1) is 15.3. The van der Waals surface area contributed by atoms with Gasteiger partial charge in [-0.15, -0.1) is 15.1 Å². The van der Waals surface area contributed by atoms with Gasteiger partial charge in [-0.25, -0.2) is 9.18 Å². The van der Waals surface area contributed by atoms with Crippen LogP contribution in [-0.2, 0) is 20.9 Å². The number of nitrogens with zero attached hydrogens (tertiary/aromatic N) is 7. The number of carbonyl (C=O) groups excluding carboxylic acids is 1. The molecular weight excluding hydrogens is 444 g/mol. The number of amides is 1. The fourth-order valence-electron chi connectivity index (χ4n) is 3.04. The maximum Gasteiger partial charge on any atom is 0.414 e. The molecule has 166 valence electrons. The van der Waals surface area contributed by atoms with E-state index in [1.165, 1.54) is 28.0 Å². The quantitative estimate of drug-likeness (QED) is 0.383. The van der Waals surface area contributed by atoms with Crippen LogP contribution in [0.5, 0.6) is 0 Å². The number of ether oxygens (including phenoxy) is 1. The van der Waals surface area contributed by atoms with Crippen LogP contribution in [0.25, 0.3) is 22.6 Å². The molecule has 4 rings (SSSR count). The molecule has 2 aromatic heterocycles. The van der Waals surface area contributed by atoms with E-state index in [0.717, 1.165) is 6.66 Å². The maximum absolute atomic E-state index is 14.8. The van der Waals surface area contributed by atoms with Gasteiger partial charge in [-0.05, 0) is 29.5 Å². The van der Waals surface area contributed by atoms with E-state index >= 15 is 0 Å². The first kappa shape index (κ1) is 21.7. The summed E-state index contributed by atoms with van der Waals surface area (Å²) in [6.07, 6.45) is 0.00991. The summed E-state index contributed by atoms with van der Waals surface area (Å²) in [7, 11) is -1.99. The van der Waals surface area contributed by atoms with Crippen LogP contribution in [0.1, 0.15) is 0 Å². The number of benzene rings is 1. The molecular formula is C18H17FN7O5P. The summed E-state index contributed by atoms with van der Waals surface area (Å²) in [6, 6.07) is 7.63. The van der Waals surface area contributed by atoms with Gasteiger partial charge in [0.2, 0.25) is 5.82 Å². The van der Waals surface area contributed by atoms with Crippen LogP contribution in [0.4, 0.5) is 14.9 Å². The largest absolute Gasteiger partial charge is 0.441 e. The molecule has 12 nitrogen and oxygen atoms in total. The van der Waals surface area contributed by atoms with Gasteiger partial charge in [-0.1, -0.05) is 6.07 Å². The summed E-state index contributed by atoms with van der Waals surface area (Å²) >= 11 is 0. The van der Waals surface area contributed by atoms with Crippen molar-refractivity contribution in [3.05, 3.63) is 47.3 Å². The van der Waals surface area contributed by atoms with Crippen molar-refractivity contribution in [2.75, 3.05) is 24.7 Å². The van der Waals surface area contributed by atoms with Crippen LogP contribution in [0.15, 0.2) is 41.5 Å². The van der Waals surface area contributed by atoms with E-state index in [1.807, 2.05) is 0 Å². The van der Waals surface area contributed by atoms with Crippen molar-refractivity contribution in [3.63, 3.8) is 0 Å². The van der Waals surface area contributed by atoms with Crippen molar-refractivity contribution in [2.45, 2.75) is 6.10 Å². The monoisotopic (exact) mass is 461 g/mol. The molecule has 2 atom stereocenters. The van der Waals surface area contributed by atoms with E-state index in [9.17, 15) is 18.7 Å². The highest BCUT2D eigenvalue weighted by Gasteiger charge is 2.34. The summed E-state index contributed by atoms with van der Waals surface area (Å²) in [5.41, 5.74) is 1.59. The Labute approximate surface area is 180 Å². The molecule has 0 spiro atoms. The Morgan fingerprint density at radius 2 is 2.16 bits per heavy atom. The lowest BCUT2D eigenvalue weighted by Gasteiger charge is -2.14. The first-order valence-corrected chi connectivity index (χ1v) is 11.3. The molecule has 2 unspecified atom stereocenters. The van der Waals surface area contributed by atoms with E-state index in [0.29, 0.717) is 17.1 Å². The van der Waals surface area contributed by atoms with Crippen LogP contribution in [0.3, 0.4) is 0 Å². The maximum atomic E-state index is 14.8. The van der Waals surface area contributed by atoms with Gasteiger partial charge in [0.25, 0.3) is 0 Å². The standard InChI is InChI=1S/C18H17FN7O5P/c1-25-22-17(21-23-25)16-6-3-11(8-20-16)14-5-4-12(7-15(14)19)26-9-13(31-18(26)27)10-30-32(2,29)24-28/h3-8,13H,9-10H2,1-2H3. The number of tetrazole rings is 1. The lowest BCUT2D eigenvalue weighted by Crippen LogP contribution is -2.25. The van der Waals surface area contributed by atoms with Gasteiger partial charge in [0.1, 0.15) is 17.6 Å². The number of hydrogen-bond donors (Lipinski definition) is 0. The molecule has 1 fully saturated rings. The van der Waals surface area contributed by atoms with Gasteiger partial charge >= 0.3 is 13.6 Å². The Balaban J connectivity index is 1.48. The highest BCUT2D eigenvalue weighted by atomic mass is 31.2. The van der Waals surface area contributed by atoms with Gasteiger partial charge in [0, 0.05) is 28.9 Å². The lowest BCUT2D eigenvalue weighted by atomic mass is 10.1. The number of nitroso groups, excluding NO2 is 1. The first-order valence-electron chi connectivity index (χ1n) is 9.31. The molecule has 1 amide bonds. The van der Waals surface area contributed by atoms with Crippen LogP contribution in [0, 0.1) is 10.7 Å². The zero-order chi connectivity index (χ0) is 22.9. The molecule has 0 bridgehead atoms. The van der Waals surface area contributed by atoms with Gasteiger partial charge in [-0.3, -0.25) is 14.4 Å². The fraction of sp³-hybridized carbons (Fsp3) is 0.278. The van der Waals surface area contributed by atoms with E-state index in [-0.39, 0.29) is 24.4 Å². The van der Waals surface area contributed by atoms with Crippen molar-refractivity contribution in [2.24, 2.45) is 12.0 Å². The normalized spacial score (nSPS) is 17.8. The van der Waals surface area contributed by atoms with Crippen LogP contribution in [-0.4, -0.2) is 57.2 Å². The smallest absolute Gasteiger partial charge is 0.414 e.